The normalized spacial score (nSPS) is 11.8. The quantitative estimate of drug-likeness (QED) is 0.157. The highest BCUT2D eigenvalue weighted by molar-refractivity contribution is 7.50. The number of thiophene rings is 1. The smallest absolute Gasteiger partial charge is 0.353 e. The molecule has 0 bridgehead atoms. The number of benzene rings is 2. The van der Waals surface area contributed by atoms with E-state index in [0.717, 1.165) is 11.3 Å². The van der Waals surface area contributed by atoms with Crippen LogP contribution in [0.15, 0.2) is 24.3 Å². The average Bonchev–Trinajstić information content (AvgIpc) is 3.04. The third kappa shape index (κ3) is 3.93. The first-order chi connectivity index (χ1) is 13.0. The maximum absolute atomic E-state index is 13.6. The molecule has 2 N–H and O–H groups in total. The Morgan fingerprint density at radius 1 is 0.964 bits per heavy atom. The Morgan fingerprint density at radius 2 is 1.54 bits per heavy atom. The predicted octanol–water partition coefficient (Wildman–Crippen LogP) is 4.49. The molecule has 3 rings (SSSR count). The van der Waals surface area contributed by atoms with Crippen molar-refractivity contribution in [2.45, 2.75) is 6.16 Å². The van der Waals surface area contributed by atoms with Gasteiger partial charge in [0, 0.05) is 4.70 Å². The first-order valence-corrected chi connectivity index (χ1v) is 9.90. The molecule has 2 aromatic carbocycles. The van der Waals surface area contributed by atoms with Gasteiger partial charge in [0.05, 0.1) is 6.16 Å². The molecule has 0 spiro atoms. The van der Waals surface area contributed by atoms with E-state index in [1.165, 1.54) is 24.3 Å². The van der Waals surface area contributed by atoms with Gasteiger partial charge in [-0.2, -0.15) is 8.78 Å². The summed E-state index contributed by atoms with van der Waals surface area (Å²) in [6.07, 6.45) is -0.539. The molecule has 28 heavy (non-hydrogen) atoms. The third-order valence-corrected chi connectivity index (χ3v) is 5.41. The van der Waals surface area contributed by atoms with Crippen LogP contribution in [0.25, 0.3) is 10.1 Å². The van der Waals surface area contributed by atoms with E-state index in [1.54, 1.807) is 0 Å². The summed E-state index contributed by atoms with van der Waals surface area (Å²) in [7, 11) is -4.32. The van der Waals surface area contributed by atoms with E-state index < -0.39 is 54.6 Å². The topological polar surface area (TPSA) is 83.8 Å². The molecule has 0 fully saturated rings. The number of halogens is 5. The van der Waals surface area contributed by atoms with E-state index in [4.69, 9.17) is 9.79 Å². The van der Waals surface area contributed by atoms with Crippen LogP contribution in [0.3, 0.4) is 0 Å². The van der Waals surface area contributed by atoms with E-state index in [9.17, 15) is 31.3 Å². The average molecular weight is 438 g/mol. The summed E-state index contributed by atoms with van der Waals surface area (Å²) in [5.74, 6) is -14.5. The number of fused-ring (bicyclic) bond motifs is 1. The highest BCUT2D eigenvalue weighted by atomic mass is 32.1. The molecular weight excluding hydrogens is 430 g/mol. The fraction of sp³-hybridized carbons (Fsp3) is 0.0625. The van der Waals surface area contributed by atoms with Crippen molar-refractivity contribution in [3.05, 3.63) is 63.8 Å². The first kappa shape index (κ1) is 20.4. The molecule has 3 aromatic rings. The minimum absolute atomic E-state index is 0.215. The minimum Gasteiger partial charge on any atom is -0.416 e. The van der Waals surface area contributed by atoms with Crippen molar-refractivity contribution < 1.29 is 45.8 Å². The standard InChI is InChI=1S/C16H8F5O5PS/c17-10-11(18)13(20)15(14(21)12(10)19)26-16(22)9-4-7-3-6(5-27(23,24)25)1-2-8(7)28-9/h1-4H,5H2,(H2,23,24,25). The number of ether oxygens (including phenoxy) is 1. The van der Waals surface area contributed by atoms with Gasteiger partial charge in [-0.25, -0.2) is 18.0 Å². The molecule has 5 nitrogen and oxygen atoms in total. The summed E-state index contributed by atoms with van der Waals surface area (Å²) in [6, 6.07) is 5.47. The lowest BCUT2D eigenvalue weighted by atomic mass is 10.2. The largest absolute Gasteiger partial charge is 0.416 e. The summed E-state index contributed by atoms with van der Waals surface area (Å²) >= 11 is 0.800. The highest BCUT2D eigenvalue weighted by Crippen LogP contribution is 2.40. The lowest BCUT2D eigenvalue weighted by Gasteiger charge is -2.07. The number of esters is 1. The maximum atomic E-state index is 13.6. The Morgan fingerprint density at radius 3 is 2.11 bits per heavy atom. The zero-order valence-electron chi connectivity index (χ0n) is 13.4. The SMILES string of the molecule is O=C(Oc1c(F)c(F)c(F)c(F)c1F)c1cc2cc(CP(=O)(O)O)ccc2s1. The van der Waals surface area contributed by atoms with Gasteiger partial charge in [0.15, 0.2) is 0 Å². The van der Waals surface area contributed by atoms with Crippen molar-refractivity contribution in [1.29, 1.82) is 0 Å². The fourth-order valence-electron chi connectivity index (χ4n) is 2.35. The lowest BCUT2D eigenvalue weighted by molar-refractivity contribution is 0.0721. The number of carbonyl (C=O) groups is 1. The molecule has 1 heterocycles. The second kappa shape index (κ2) is 7.25. The van der Waals surface area contributed by atoms with Crippen molar-refractivity contribution in [2.24, 2.45) is 0 Å². The van der Waals surface area contributed by atoms with E-state index in [2.05, 4.69) is 4.74 Å². The van der Waals surface area contributed by atoms with Crippen molar-refractivity contribution in [3.8, 4) is 5.75 Å². The first-order valence-electron chi connectivity index (χ1n) is 7.28. The van der Waals surface area contributed by atoms with Crippen LogP contribution in [0.4, 0.5) is 22.0 Å². The van der Waals surface area contributed by atoms with Gasteiger partial charge in [-0.05, 0) is 29.1 Å². The highest BCUT2D eigenvalue weighted by Gasteiger charge is 2.29. The van der Waals surface area contributed by atoms with E-state index in [1.807, 2.05) is 0 Å². The molecule has 0 amide bonds. The van der Waals surface area contributed by atoms with Crippen LogP contribution in [0.1, 0.15) is 15.2 Å². The zero-order valence-corrected chi connectivity index (χ0v) is 15.1. The van der Waals surface area contributed by atoms with Crippen LogP contribution in [0, 0.1) is 29.1 Å². The molecule has 12 heteroatoms. The molecular formula is C16H8F5O5PS. The van der Waals surface area contributed by atoms with Gasteiger partial charge in [0.2, 0.25) is 34.8 Å². The van der Waals surface area contributed by atoms with Gasteiger partial charge < -0.3 is 14.5 Å². The Hall–Kier alpha value is -2.33. The van der Waals surface area contributed by atoms with Crippen LogP contribution >= 0.6 is 18.9 Å². The predicted molar refractivity (Wildman–Crippen MR) is 88.8 cm³/mol. The van der Waals surface area contributed by atoms with Crippen molar-refractivity contribution in [1.82, 2.24) is 0 Å². The Bertz CT molecular complexity index is 1130. The number of carbonyl (C=O) groups excluding carboxylic acids is 1. The Labute approximate surface area is 157 Å². The van der Waals surface area contributed by atoms with Gasteiger partial charge in [-0.1, -0.05) is 6.07 Å². The van der Waals surface area contributed by atoms with Gasteiger partial charge in [-0.3, -0.25) is 4.57 Å². The van der Waals surface area contributed by atoms with E-state index >= 15 is 0 Å². The molecule has 0 saturated carbocycles. The van der Waals surface area contributed by atoms with Crippen LogP contribution in [-0.2, 0) is 10.7 Å². The summed E-state index contributed by atoms with van der Waals surface area (Å²) < 4.78 is 82.6. The summed E-state index contributed by atoms with van der Waals surface area (Å²) in [5.41, 5.74) is 0.276. The molecule has 0 unspecified atom stereocenters. The molecule has 1 aromatic heterocycles. The molecule has 0 aliphatic heterocycles. The summed E-state index contributed by atoms with van der Waals surface area (Å²) in [6.45, 7) is 0. The number of hydrogen-bond donors (Lipinski definition) is 2. The van der Waals surface area contributed by atoms with Gasteiger partial charge in [0.1, 0.15) is 4.88 Å². The fourth-order valence-corrected chi connectivity index (χ4v) is 3.94. The Balaban J connectivity index is 1.94. The van der Waals surface area contributed by atoms with Crippen LogP contribution in [-0.4, -0.2) is 15.8 Å². The zero-order chi connectivity index (χ0) is 20.8. The summed E-state index contributed by atoms with van der Waals surface area (Å²) in [4.78, 5) is 29.9. The van der Waals surface area contributed by atoms with E-state index in [0.29, 0.717) is 10.1 Å². The summed E-state index contributed by atoms with van der Waals surface area (Å²) in [5, 5.41) is 0.375. The maximum Gasteiger partial charge on any atom is 0.353 e. The van der Waals surface area contributed by atoms with Crippen molar-refractivity contribution in [2.75, 3.05) is 0 Å². The second-order valence-corrected chi connectivity index (χ2v) is 8.32. The van der Waals surface area contributed by atoms with Crippen LogP contribution < -0.4 is 4.74 Å². The lowest BCUT2D eigenvalue weighted by Crippen LogP contribution is -2.12. The van der Waals surface area contributed by atoms with Crippen LogP contribution in [0.2, 0.25) is 0 Å². The monoisotopic (exact) mass is 438 g/mol. The molecule has 0 aliphatic rings. The van der Waals surface area contributed by atoms with E-state index in [-0.39, 0.29) is 10.4 Å². The van der Waals surface area contributed by atoms with Gasteiger partial charge in [-0.15, -0.1) is 11.3 Å². The number of hydrogen-bond acceptors (Lipinski definition) is 4. The molecule has 0 atom stereocenters. The minimum atomic E-state index is -4.32. The number of rotatable bonds is 4. The third-order valence-electron chi connectivity index (χ3n) is 3.53. The Kier molecular flexibility index (Phi) is 5.28. The van der Waals surface area contributed by atoms with Gasteiger partial charge in [0.25, 0.3) is 0 Å². The molecule has 0 saturated heterocycles. The van der Waals surface area contributed by atoms with Gasteiger partial charge >= 0.3 is 13.6 Å². The second-order valence-electron chi connectivity index (χ2n) is 5.59. The molecule has 148 valence electrons. The molecule has 0 aliphatic carbocycles. The van der Waals surface area contributed by atoms with Crippen molar-refractivity contribution >= 4 is 35.0 Å². The van der Waals surface area contributed by atoms with Crippen LogP contribution in [0.5, 0.6) is 5.75 Å². The molecule has 0 radical (unpaired) electrons. The van der Waals surface area contributed by atoms with Crippen molar-refractivity contribution in [3.63, 3.8) is 0 Å².